The maximum atomic E-state index is 11.9. The molecule has 124 valence electrons. The van der Waals surface area contributed by atoms with Crippen LogP contribution in [0.15, 0.2) is 24.3 Å². The molecule has 0 bridgehead atoms. The van der Waals surface area contributed by atoms with Gasteiger partial charge in [0.25, 0.3) is 0 Å². The fourth-order valence-electron chi connectivity index (χ4n) is 2.28. The minimum absolute atomic E-state index is 0. The summed E-state index contributed by atoms with van der Waals surface area (Å²) in [4.78, 5) is 11.9. The summed E-state index contributed by atoms with van der Waals surface area (Å²) in [7, 11) is 0. The quantitative estimate of drug-likeness (QED) is 0.771. The van der Waals surface area contributed by atoms with Crippen molar-refractivity contribution in [2.45, 2.75) is 18.9 Å². The minimum Gasteiger partial charge on any atom is -0.492 e. The van der Waals surface area contributed by atoms with Gasteiger partial charge in [-0.05, 0) is 43.0 Å². The van der Waals surface area contributed by atoms with Crippen molar-refractivity contribution < 1.29 is 14.3 Å². The van der Waals surface area contributed by atoms with E-state index in [1.165, 1.54) is 0 Å². The van der Waals surface area contributed by atoms with Crippen molar-refractivity contribution in [2.24, 2.45) is 11.7 Å². The molecule has 1 unspecified atom stereocenters. The number of hydrogen-bond donors (Lipinski definition) is 2. The van der Waals surface area contributed by atoms with Gasteiger partial charge in [-0.25, -0.2) is 0 Å². The fourth-order valence-corrected chi connectivity index (χ4v) is 2.41. The molecule has 1 saturated heterocycles. The van der Waals surface area contributed by atoms with E-state index in [2.05, 4.69) is 5.32 Å². The molecule has 0 aliphatic carbocycles. The molecule has 0 aromatic heterocycles. The van der Waals surface area contributed by atoms with Crippen molar-refractivity contribution in [1.82, 2.24) is 5.32 Å². The van der Waals surface area contributed by atoms with Crippen molar-refractivity contribution in [3.8, 4) is 5.75 Å². The van der Waals surface area contributed by atoms with Crippen LogP contribution >= 0.6 is 24.0 Å². The Morgan fingerprint density at radius 2 is 2.00 bits per heavy atom. The molecule has 1 aromatic carbocycles. The summed E-state index contributed by atoms with van der Waals surface area (Å²) in [5.74, 6) is 0.805. The predicted octanol–water partition coefficient (Wildman–Crippen LogP) is 2.01. The second-order valence-corrected chi connectivity index (χ2v) is 5.51. The molecular weight excluding hydrogens is 327 g/mol. The van der Waals surface area contributed by atoms with E-state index >= 15 is 0 Å². The summed E-state index contributed by atoms with van der Waals surface area (Å²) in [6.45, 7) is 2.20. The van der Waals surface area contributed by atoms with E-state index in [0.29, 0.717) is 31.4 Å². The molecule has 1 amide bonds. The first kappa shape index (κ1) is 19.0. The van der Waals surface area contributed by atoms with Crippen molar-refractivity contribution in [1.29, 1.82) is 0 Å². The second kappa shape index (κ2) is 9.90. The number of nitrogens with two attached hydrogens (primary N) is 1. The molecule has 1 atom stereocenters. The molecule has 1 fully saturated rings. The number of halogens is 2. The SMILES string of the molecule is Cl.NC(C(=O)NCCOc1ccc(Cl)cc1)C1CCOCC1. The summed E-state index contributed by atoms with van der Waals surface area (Å²) in [5.41, 5.74) is 5.98. The Morgan fingerprint density at radius 1 is 1.36 bits per heavy atom. The number of amides is 1. The first-order chi connectivity index (χ1) is 10.2. The van der Waals surface area contributed by atoms with Crippen LogP contribution in [0, 0.1) is 5.92 Å². The monoisotopic (exact) mass is 348 g/mol. The summed E-state index contributed by atoms with van der Waals surface area (Å²) < 4.78 is 10.8. The predicted molar refractivity (Wildman–Crippen MR) is 88.7 cm³/mol. The van der Waals surface area contributed by atoms with Crippen molar-refractivity contribution >= 4 is 29.9 Å². The van der Waals surface area contributed by atoms with Crippen LogP contribution in [0.3, 0.4) is 0 Å². The molecule has 22 heavy (non-hydrogen) atoms. The normalized spacial score (nSPS) is 16.5. The second-order valence-electron chi connectivity index (χ2n) is 5.07. The van der Waals surface area contributed by atoms with Crippen molar-refractivity contribution in [2.75, 3.05) is 26.4 Å². The van der Waals surface area contributed by atoms with Crippen LogP contribution in [0.1, 0.15) is 12.8 Å². The molecule has 1 heterocycles. The van der Waals surface area contributed by atoms with Crippen LogP contribution in [-0.4, -0.2) is 38.3 Å². The van der Waals surface area contributed by atoms with Crippen LogP contribution in [-0.2, 0) is 9.53 Å². The molecule has 7 heteroatoms. The Balaban J connectivity index is 0.00000242. The maximum absolute atomic E-state index is 11.9. The lowest BCUT2D eigenvalue weighted by Crippen LogP contribution is -2.47. The van der Waals surface area contributed by atoms with E-state index in [-0.39, 0.29) is 24.2 Å². The molecule has 0 saturated carbocycles. The number of benzene rings is 1. The fraction of sp³-hybridized carbons (Fsp3) is 0.533. The van der Waals surface area contributed by atoms with E-state index in [1.807, 2.05) is 0 Å². The molecular formula is C15H22Cl2N2O3. The van der Waals surface area contributed by atoms with Crippen LogP contribution < -0.4 is 15.8 Å². The van der Waals surface area contributed by atoms with E-state index < -0.39 is 6.04 Å². The smallest absolute Gasteiger partial charge is 0.237 e. The molecule has 1 aromatic rings. The van der Waals surface area contributed by atoms with Crippen LogP contribution in [0.4, 0.5) is 0 Å². The topological polar surface area (TPSA) is 73.6 Å². The highest BCUT2D eigenvalue weighted by molar-refractivity contribution is 6.30. The number of rotatable bonds is 6. The summed E-state index contributed by atoms with van der Waals surface area (Å²) in [6.07, 6.45) is 1.69. The third kappa shape index (κ3) is 6.01. The molecule has 0 radical (unpaired) electrons. The van der Waals surface area contributed by atoms with Crippen LogP contribution in [0.5, 0.6) is 5.75 Å². The van der Waals surface area contributed by atoms with Gasteiger partial charge in [-0.1, -0.05) is 11.6 Å². The number of hydrogen-bond acceptors (Lipinski definition) is 4. The Kier molecular flexibility index (Phi) is 8.56. The van der Waals surface area contributed by atoms with Gasteiger partial charge in [-0.3, -0.25) is 4.79 Å². The number of nitrogens with one attached hydrogen (secondary N) is 1. The van der Waals surface area contributed by atoms with E-state index in [1.54, 1.807) is 24.3 Å². The lowest BCUT2D eigenvalue weighted by molar-refractivity contribution is -0.124. The molecule has 0 spiro atoms. The van der Waals surface area contributed by atoms with Gasteiger partial charge in [0.15, 0.2) is 0 Å². The summed E-state index contributed by atoms with van der Waals surface area (Å²) in [6, 6.07) is 6.63. The van der Waals surface area contributed by atoms with Gasteiger partial charge >= 0.3 is 0 Å². The van der Waals surface area contributed by atoms with Crippen LogP contribution in [0.25, 0.3) is 0 Å². The number of ether oxygens (including phenoxy) is 2. The Bertz CT molecular complexity index is 451. The zero-order chi connectivity index (χ0) is 15.1. The van der Waals surface area contributed by atoms with E-state index in [0.717, 1.165) is 18.6 Å². The largest absolute Gasteiger partial charge is 0.492 e. The van der Waals surface area contributed by atoms with Crippen molar-refractivity contribution in [3.63, 3.8) is 0 Å². The van der Waals surface area contributed by atoms with Gasteiger partial charge in [0.05, 0.1) is 12.6 Å². The summed E-state index contributed by atoms with van der Waals surface area (Å²) in [5, 5.41) is 3.47. The lowest BCUT2D eigenvalue weighted by atomic mass is 9.92. The maximum Gasteiger partial charge on any atom is 0.237 e. The highest BCUT2D eigenvalue weighted by Gasteiger charge is 2.26. The molecule has 2 rings (SSSR count). The van der Waals surface area contributed by atoms with Crippen LogP contribution in [0.2, 0.25) is 5.02 Å². The number of carbonyl (C=O) groups excluding carboxylic acids is 1. The van der Waals surface area contributed by atoms with Gasteiger partial charge in [-0.15, -0.1) is 12.4 Å². The Labute approximate surface area is 141 Å². The molecule has 1 aliphatic heterocycles. The van der Waals surface area contributed by atoms with Gasteiger partial charge in [0.2, 0.25) is 5.91 Å². The number of carbonyl (C=O) groups is 1. The zero-order valence-corrected chi connectivity index (χ0v) is 13.9. The zero-order valence-electron chi connectivity index (χ0n) is 12.3. The van der Waals surface area contributed by atoms with Gasteiger partial charge in [0.1, 0.15) is 12.4 Å². The average Bonchev–Trinajstić information content (AvgIpc) is 2.53. The third-order valence-corrected chi connectivity index (χ3v) is 3.81. The Morgan fingerprint density at radius 3 is 2.64 bits per heavy atom. The van der Waals surface area contributed by atoms with Crippen molar-refractivity contribution in [3.05, 3.63) is 29.3 Å². The first-order valence-electron chi connectivity index (χ1n) is 7.16. The highest BCUT2D eigenvalue weighted by Crippen LogP contribution is 2.17. The average molecular weight is 349 g/mol. The minimum atomic E-state index is -0.468. The van der Waals surface area contributed by atoms with Gasteiger partial charge in [0, 0.05) is 18.2 Å². The first-order valence-corrected chi connectivity index (χ1v) is 7.54. The van der Waals surface area contributed by atoms with E-state index in [9.17, 15) is 4.79 Å². The lowest BCUT2D eigenvalue weighted by Gasteiger charge is -2.26. The Hall–Kier alpha value is -1.01. The molecule has 1 aliphatic rings. The highest BCUT2D eigenvalue weighted by atomic mass is 35.5. The third-order valence-electron chi connectivity index (χ3n) is 3.56. The summed E-state index contributed by atoms with van der Waals surface area (Å²) >= 11 is 5.79. The van der Waals surface area contributed by atoms with Gasteiger partial charge in [-0.2, -0.15) is 0 Å². The molecule has 3 N–H and O–H groups in total. The standard InChI is InChI=1S/C15H21ClN2O3.ClH/c16-12-1-3-13(4-2-12)21-10-7-18-15(19)14(17)11-5-8-20-9-6-11;/h1-4,11,14H,5-10,17H2,(H,18,19);1H. The van der Waals surface area contributed by atoms with Gasteiger partial charge < -0.3 is 20.5 Å². The molecule has 5 nitrogen and oxygen atoms in total. The van der Waals surface area contributed by atoms with E-state index in [4.69, 9.17) is 26.8 Å².